The second-order valence-electron chi connectivity index (χ2n) is 4.38. The van der Waals surface area contributed by atoms with E-state index in [1.807, 2.05) is 20.2 Å². The number of aromatic nitrogens is 3. The zero-order chi connectivity index (χ0) is 13.0. The van der Waals surface area contributed by atoms with Gasteiger partial charge in [-0.15, -0.1) is 11.3 Å². The van der Waals surface area contributed by atoms with Gasteiger partial charge in [-0.05, 0) is 26.5 Å². The van der Waals surface area contributed by atoms with E-state index in [2.05, 4.69) is 38.5 Å². The summed E-state index contributed by atoms with van der Waals surface area (Å²) in [6.45, 7) is 5.18. The van der Waals surface area contributed by atoms with E-state index in [1.54, 1.807) is 11.3 Å². The van der Waals surface area contributed by atoms with Crippen LogP contribution in [-0.4, -0.2) is 21.8 Å². The van der Waals surface area contributed by atoms with Crippen molar-refractivity contribution < 1.29 is 0 Å². The van der Waals surface area contributed by atoms with Crippen LogP contribution in [0, 0.1) is 6.92 Å². The Hall–Kier alpha value is -1.20. The van der Waals surface area contributed by atoms with Crippen molar-refractivity contribution in [3.8, 4) is 0 Å². The molecule has 0 spiro atoms. The summed E-state index contributed by atoms with van der Waals surface area (Å²) in [5, 5.41) is 11.0. The van der Waals surface area contributed by atoms with E-state index in [0.717, 1.165) is 30.1 Å². The number of nitrogens with one attached hydrogen (secondary N) is 1. The summed E-state index contributed by atoms with van der Waals surface area (Å²) in [6.07, 6.45) is 3.89. The molecule has 98 valence electrons. The molecule has 0 aliphatic heterocycles. The molecule has 5 heteroatoms. The van der Waals surface area contributed by atoms with Gasteiger partial charge in [-0.1, -0.05) is 6.92 Å². The maximum atomic E-state index is 4.53. The minimum Gasteiger partial charge on any atom is -0.311 e. The number of nitrogens with zero attached hydrogens (tertiary/aromatic N) is 3. The second kappa shape index (κ2) is 6.11. The van der Waals surface area contributed by atoms with Gasteiger partial charge >= 0.3 is 0 Å². The van der Waals surface area contributed by atoms with Gasteiger partial charge in [-0.25, -0.2) is 4.98 Å². The third kappa shape index (κ3) is 2.97. The second-order valence-corrected chi connectivity index (χ2v) is 5.44. The molecule has 2 aromatic heterocycles. The van der Waals surface area contributed by atoms with Crippen molar-refractivity contribution in [3.63, 3.8) is 0 Å². The molecule has 18 heavy (non-hydrogen) atoms. The van der Waals surface area contributed by atoms with Gasteiger partial charge in [0.1, 0.15) is 0 Å². The number of rotatable bonds is 6. The van der Waals surface area contributed by atoms with Gasteiger partial charge in [0, 0.05) is 24.5 Å². The molecule has 4 nitrogen and oxygen atoms in total. The molecule has 0 fully saturated rings. The standard InChI is InChI=1S/C13H20N4S/c1-4-7-17-13(5-6-15-17)12(14-3)8-11-9-18-10(2)16-11/h5-6,9,12,14H,4,7-8H2,1-3H3. The van der Waals surface area contributed by atoms with E-state index in [0.29, 0.717) is 0 Å². The molecule has 2 rings (SSSR count). The van der Waals surface area contributed by atoms with Crippen molar-refractivity contribution in [2.45, 2.75) is 39.3 Å². The molecule has 0 bridgehead atoms. The van der Waals surface area contributed by atoms with Crippen molar-refractivity contribution in [2.24, 2.45) is 0 Å². The van der Waals surface area contributed by atoms with Crippen LogP contribution in [0.3, 0.4) is 0 Å². The number of aryl methyl sites for hydroxylation is 2. The molecule has 0 aliphatic carbocycles. The van der Waals surface area contributed by atoms with Gasteiger partial charge in [-0.2, -0.15) is 5.10 Å². The minimum absolute atomic E-state index is 0.278. The lowest BCUT2D eigenvalue weighted by Gasteiger charge is -2.16. The molecule has 0 radical (unpaired) electrons. The Bertz CT molecular complexity index is 489. The SMILES string of the molecule is CCCn1nccc1C(Cc1csc(C)n1)NC. The average molecular weight is 264 g/mol. The Morgan fingerprint density at radius 2 is 2.33 bits per heavy atom. The minimum atomic E-state index is 0.278. The first-order valence-electron chi connectivity index (χ1n) is 6.34. The lowest BCUT2D eigenvalue weighted by Crippen LogP contribution is -2.22. The fourth-order valence-corrected chi connectivity index (χ4v) is 2.73. The van der Waals surface area contributed by atoms with E-state index in [1.165, 1.54) is 5.69 Å². The number of likely N-dealkylation sites (N-methyl/N-ethyl adjacent to an activating group) is 1. The molecular formula is C13H20N4S. The summed E-state index contributed by atoms with van der Waals surface area (Å²) in [4.78, 5) is 4.53. The van der Waals surface area contributed by atoms with Crippen LogP contribution in [0.1, 0.15) is 35.8 Å². The van der Waals surface area contributed by atoms with Crippen LogP contribution in [-0.2, 0) is 13.0 Å². The molecule has 2 aromatic rings. The van der Waals surface area contributed by atoms with Crippen molar-refractivity contribution in [3.05, 3.63) is 34.0 Å². The fourth-order valence-electron chi connectivity index (χ4n) is 2.10. The zero-order valence-corrected chi connectivity index (χ0v) is 12.0. The highest BCUT2D eigenvalue weighted by Crippen LogP contribution is 2.19. The van der Waals surface area contributed by atoms with Gasteiger partial charge in [-0.3, -0.25) is 4.68 Å². The third-order valence-corrected chi connectivity index (χ3v) is 3.79. The van der Waals surface area contributed by atoms with Gasteiger partial charge < -0.3 is 5.32 Å². The van der Waals surface area contributed by atoms with E-state index in [9.17, 15) is 0 Å². The quantitative estimate of drug-likeness (QED) is 0.872. The summed E-state index contributed by atoms with van der Waals surface area (Å²) in [5.74, 6) is 0. The van der Waals surface area contributed by atoms with Crippen molar-refractivity contribution in [2.75, 3.05) is 7.05 Å². The summed E-state index contributed by atoms with van der Waals surface area (Å²) < 4.78 is 2.08. The van der Waals surface area contributed by atoms with E-state index >= 15 is 0 Å². The van der Waals surface area contributed by atoms with E-state index < -0.39 is 0 Å². The Labute approximate surface area is 112 Å². The highest BCUT2D eigenvalue weighted by Gasteiger charge is 2.15. The Kier molecular flexibility index (Phi) is 4.49. The normalized spacial score (nSPS) is 12.8. The molecular weight excluding hydrogens is 244 g/mol. The van der Waals surface area contributed by atoms with Gasteiger partial charge in [0.2, 0.25) is 0 Å². The number of hydrogen-bond donors (Lipinski definition) is 1. The van der Waals surface area contributed by atoms with Crippen LogP contribution in [0.15, 0.2) is 17.6 Å². The lowest BCUT2D eigenvalue weighted by molar-refractivity contribution is 0.494. The van der Waals surface area contributed by atoms with Crippen molar-refractivity contribution in [1.82, 2.24) is 20.1 Å². The largest absolute Gasteiger partial charge is 0.311 e. The van der Waals surface area contributed by atoms with Gasteiger partial charge in [0.15, 0.2) is 0 Å². The van der Waals surface area contributed by atoms with Gasteiger partial charge in [0.25, 0.3) is 0 Å². The topological polar surface area (TPSA) is 42.7 Å². The highest BCUT2D eigenvalue weighted by atomic mass is 32.1. The number of thiazole rings is 1. The van der Waals surface area contributed by atoms with E-state index in [4.69, 9.17) is 0 Å². The molecule has 0 saturated carbocycles. The first kappa shape index (κ1) is 13.2. The zero-order valence-electron chi connectivity index (χ0n) is 11.2. The molecule has 0 aliphatic rings. The lowest BCUT2D eigenvalue weighted by atomic mass is 10.1. The molecule has 0 aromatic carbocycles. The molecule has 1 atom stereocenters. The first-order chi connectivity index (χ1) is 8.74. The first-order valence-corrected chi connectivity index (χ1v) is 7.22. The molecule has 2 heterocycles. The van der Waals surface area contributed by atoms with Crippen LogP contribution >= 0.6 is 11.3 Å². The smallest absolute Gasteiger partial charge is 0.0897 e. The van der Waals surface area contributed by atoms with Crippen molar-refractivity contribution >= 4 is 11.3 Å². The maximum Gasteiger partial charge on any atom is 0.0897 e. The average Bonchev–Trinajstić information content (AvgIpc) is 2.96. The molecule has 1 N–H and O–H groups in total. The maximum absolute atomic E-state index is 4.53. The predicted octanol–water partition coefficient (Wildman–Crippen LogP) is 2.56. The highest BCUT2D eigenvalue weighted by molar-refractivity contribution is 7.09. The van der Waals surface area contributed by atoms with Crippen molar-refractivity contribution in [1.29, 1.82) is 0 Å². The Morgan fingerprint density at radius 1 is 1.50 bits per heavy atom. The molecule has 0 saturated heterocycles. The summed E-state index contributed by atoms with van der Waals surface area (Å²) in [6, 6.07) is 2.37. The fraction of sp³-hybridized carbons (Fsp3) is 0.538. The Balaban J connectivity index is 2.14. The molecule has 1 unspecified atom stereocenters. The Morgan fingerprint density at radius 3 is 2.94 bits per heavy atom. The summed E-state index contributed by atoms with van der Waals surface area (Å²) >= 11 is 1.71. The number of hydrogen-bond acceptors (Lipinski definition) is 4. The predicted molar refractivity (Wildman–Crippen MR) is 74.9 cm³/mol. The van der Waals surface area contributed by atoms with Crippen LogP contribution in [0.25, 0.3) is 0 Å². The van der Waals surface area contributed by atoms with Gasteiger partial charge in [0.05, 0.1) is 22.4 Å². The van der Waals surface area contributed by atoms with Crippen LogP contribution in [0.5, 0.6) is 0 Å². The van der Waals surface area contributed by atoms with Crippen LogP contribution in [0.2, 0.25) is 0 Å². The third-order valence-electron chi connectivity index (χ3n) is 2.97. The summed E-state index contributed by atoms with van der Waals surface area (Å²) in [7, 11) is 1.99. The van der Waals surface area contributed by atoms with Crippen LogP contribution in [0.4, 0.5) is 0 Å². The van der Waals surface area contributed by atoms with Crippen LogP contribution < -0.4 is 5.32 Å². The summed E-state index contributed by atoms with van der Waals surface area (Å²) in [5.41, 5.74) is 2.39. The monoisotopic (exact) mass is 264 g/mol. The van der Waals surface area contributed by atoms with E-state index in [-0.39, 0.29) is 6.04 Å². The molecule has 0 amide bonds.